The molecule has 0 aromatic rings. The van der Waals surface area contributed by atoms with E-state index in [0.29, 0.717) is 6.79 Å². The van der Waals surface area contributed by atoms with Gasteiger partial charge in [-0.25, -0.2) is 0 Å². The third kappa shape index (κ3) is 8.71. The Labute approximate surface area is 84.8 Å². The van der Waals surface area contributed by atoms with Crippen LogP contribution in [-0.4, -0.2) is 36.6 Å². The van der Waals surface area contributed by atoms with Crippen molar-refractivity contribution in [2.24, 2.45) is 0 Å². The second kappa shape index (κ2) is 11.6. The highest BCUT2D eigenvalue weighted by molar-refractivity contribution is 8.19. The van der Waals surface area contributed by atoms with Crippen LogP contribution < -0.4 is 0 Å². The number of thioether (sulfide) groups is 2. The molecule has 2 aliphatic heterocycles. The average Bonchev–Trinajstić information content (AvgIpc) is 2.67. The third-order valence-electron chi connectivity index (χ3n) is 1.08. The summed E-state index contributed by atoms with van der Waals surface area (Å²) in [6.45, 7) is 2.06. The van der Waals surface area contributed by atoms with Gasteiger partial charge in [0.1, 0.15) is 6.79 Å². The number of hydrogen-bond donors (Lipinski definition) is 0. The average molecular weight is 212 g/mol. The highest BCUT2D eigenvalue weighted by Gasteiger charge is 1.95. The second-order valence-corrected chi connectivity index (χ2v) is 4.44. The molecule has 0 aliphatic carbocycles. The van der Waals surface area contributed by atoms with E-state index in [9.17, 15) is 0 Å². The number of hydrogen-bond acceptors (Lipinski definition) is 4. The van der Waals surface area contributed by atoms with Crippen molar-refractivity contribution in [2.45, 2.75) is 14.9 Å². The van der Waals surface area contributed by atoms with Gasteiger partial charge in [-0.3, -0.25) is 0 Å². The van der Waals surface area contributed by atoms with Gasteiger partial charge < -0.3 is 9.47 Å². The smallest absolute Gasteiger partial charge is 0.146 e. The van der Waals surface area contributed by atoms with Crippen LogP contribution in [0.2, 0.25) is 0 Å². The molecule has 2 saturated heterocycles. The Hall–Kier alpha value is 0.620. The Morgan fingerprint density at radius 3 is 1.50 bits per heavy atom. The van der Waals surface area contributed by atoms with Gasteiger partial charge in [-0.2, -0.15) is 23.5 Å². The Morgan fingerprint density at radius 1 is 0.833 bits per heavy atom. The highest BCUT2D eigenvalue weighted by atomic mass is 32.2. The topological polar surface area (TPSA) is 18.5 Å². The maximum Gasteiger partial charge on any atom is 0.146 e. The molecule has 12 heavy (non-hydrogen) atoms. The molecule has 2 nitrogen and oxygen atoms in total. The van der Waals surface area contributed by atoms with E-state index in [4.69, 9.17) is 9.47 Å². The Kier molecular flexibility index (Phi) is 14.6. The van der Waals surface area contributed by atoms with Crippen LogP contribution in [0.3, 0.4) is 0 Å². The molecule has 0 spiro atoms. The Bertz CT molecular complexity index is 48.2. The lowest BCUT2D eigenvalue weighted by Crippen LogP contribution is -1.79. The van der Waals surface area contributed by atoms with Crippen LogP contribution >= 0.6 is 23.5 Å². The van der Waals surface area contributed by atoms with Crippen molar-refractivity contribution in [3.8, 4) is 0 Å². The second-order valence-electron chi connectivity index (χ2n) is 1.87. The van der Waals surface area contributed by atoms with Crippen molar-refractivity contribution in [3.05, 3.63) is 0 Å². The summed E-state index contributed by atoms with van der Waals surface area (Å²) in [5.41, 5.74) is 0. The standard InChI is InChI=1S/C3H6O2.C3H6S2.2CH4/c2*1-2-5-3-4-1;;/h2*1-3H2;2*1H4. The van der Waals surface area contributed by atoms with Crippen LogP contribution in [0.15, 0.2) is 0 Å². The lowest BCUT2D eigenvalue weighted by Gasteiger charge is -1.76. The van der Waals surface area contributed by atoms with E-state index in [1.165, 1.54) is 16.6 Å². The zero-order chi connectivity index (χ0) is 7.07. The summed E-state index contributed by atoms with van der Waals surface area (Å²) in [4.78, 5) is 0. The monoisotopic (exact) mass is 212 g/mol. The van der Waals surface area contributed by atoms with E-state index in [2.05, 4.69) is 0 Å². The molecule has 2 fully saturated rings. The van der Waals surface area contributed by atoms with Gasteiger partial charge in [-0.1, -0.05) is 14.9 Å². The first-order valence-electron chi connectivity index (χ1n) is 3.31. The predicted octanol–water partition coefficient (Wildman–Crippen LogP) is 2.69. The summed E-state index contributed by atoms with van der Waals surface area (Å²) in [6, 6.07) is 0. The van der Waals surface area contributed by atoms with Crippen LogP contribution in [0.25, 0.3) is 0 Å². The molecule has 2 aliphatic rings. The van der Waals surface area contributed by atoms with Crippen molar-refractivity contribution in [1.82, 2.24) is 0 Å². The van der Waals surface area contributed by atoms with E-state index in [-0.39, 0.29) is 14.9 Å². The van der Waals surface area contributed by atoms with Gasteiger partial charge in [0.25, 0.3) is 0 Å². The molecule has 0 aromatic carbocycles. The fraction of sp³-hybridized carbons (Fsp3) is 1.00. The minimum Gasteiger partial charge on any atom is -0.353 e. The van der Waals surface area contributed by atoms with E-state index < -0.39 is 0 Å². The van der Waals surface area contributed by atoms with Gasteiger partial charge in [0, 0.05) is 16.6 Å². The minimum absolute atomic E-state index is 0. The minimum atomic E-state index is 0. The first kappa shape index (κ1) is 15.1. The first-order valence-corrected chi connectivity index (χ1v) is 5.62. The fourth-order valence-corrected chi connectivity index (χ4v) is 2.95. The summed E-state index contributed by atoms with van der Waals surface area (Å²) in [6.07, 6.45) is 0. The first-order chi connectivity index (χ1) is 5.00. The van der Waals surface area contributed by atoms with Crippen molar-refractivity contribution in [3.63, 3.8) is 0 Å². The largest absolute Gasteiger partial charge is 0.353 e. The summed E-state index contributed by atoms with van der Waals surface area (Å²) in [5, 5.41) is 1.33. The van der Waals surface area contributed by atoms with E-state index in [1.807, 2.05) is 23.5 Å². The maximum atomic E-state index is 4.72. The zero-order valence-electron chi connectivity index (χ0n) is 5.88. The molecular formula is C8H20O2S2. The molecule has 2 rings (SSSR count). The fourth-order valence-electron chi connectivity index (χ4n) is 0.589. The van der Waals surface area contributed by atoms with Crippen LogP contribution in [0.5, 0.6) is 0 Å². The van der Waals surface area contributed by atoms with Crippen LogP contribution in [0.1, 0.15) is 14.9 Å². The lowest BCUT2D eigenvalue weighted by molar-refractivity contribution is 0.0692. The van der Waals surface area contributed by atoms with Gasteiger partial charge in [-0.05, 0) is 0 Å². The van der Waals surface area contributed by atoms with Gasteiger partial charge in [0.05, 0.1) is 13.2 Å². The molecule has 0 unspecified atom stereocenters. The molecule has 0 aromatic heterocycles. The molecular weight excluding hydrogens is 192 g/mol. The SMILES string of the molecule is C.C.C1COCO1.C1CSCS1. The van der Waals surface area contributed by atoms with Crippen molar-refractivity contribution in [1.29, 1.82) is 0 Å². The summed E-state index contributed by atoms with van der Waals surface area (Å²) < 4.78 is 9.44. The van der Waals surface area contributed by atoms with Crippen molar-refractivity contribution in [2.75, 3.05) is 36.6 Å². The molecule has 0 radical (unpaired) electrons. The lowest BCUT2D eigenvalue weighted by atomic mass is 10.8. The molecule has 0 N–H and O–H groups in total. The normalized spacial score (nSPS) is 20.0. The number of rotatable bonds is 0. The van der Waals surface area contributed by atoms with Crippen LogP contribution in [0, 0.1) is 0 Å². The van der Waals surface area contributed by atoms with Gasteiger partial charge in [-0.15, -0.1) is 0 Å². The van der Waals surface area contributed by atoms with Crippen LogP contribution in [0.4, 0.5) is 0 Å². The van der Waals surface area contributed by atoms with E-state index in [0.717, 1.165) is 13.2 Å². The van der Waals surface area contributed by atoms with Gasteiger partial charge in [0.2, 0.25) is 0 Å². The quantitative estimate of drug-likeness (QED) is 0.614. The molecule has 2 heterocycles. The third-order valence-corrected chi connectivity index (χ3v) is 3.65. The number of ether oxygens (including phenoxy) is 2. The molecule has 0 bridgehead atoms. The maximum absolute atomic E-state index is 4.72. The van der Waals surface area contributed by atoms with E-state index >= 15 is 0 Å². The van der Waals surface area contributed by atoms with Crippen LogP contribution in [-0.2, 0) is 9.47 Å². The Morgan fingerprint density at radius 2 is 1.33 bits per heavy atom. The van der Waals surface area contributed by atoms with Crippen molar-refractivity contribution >= 4 is 23.5 Å². The van der Waals surface area contributed by atoms with E-state index in [1.54, 1.807) is 0 Å². The summed E-state index contributed by atoms with van der Waals surface area (Å²) in [5.74, 6) is 2.76. The van der Waals surface area contributed by atoms with Gasteiger partial charge >= 0.3 is 0 Å². The predicted molar refractivity (Wildman–Crippen MR) is 60.0 cm³/mol. The highest BCUT2D eigenvalue weighted by Crippen LogP contribution is 2.20. The zero-order valence-corrected chi connectivity index (χ0v) is 7.51. The van der Waals surface area contributed by atoms with Gasteiger partial charge in [0.15, 0.2) is 0 Å². The molecule has 4 heteroatoms. The molecule has 0 amide bonds. The molecule has 0 atom stereocenters. The summed E-state index contributed by atoms with van der Waals surface area (Å²) >= 11 is 4.07. The molecule has 76 valence electrons. The molecule has 0 saturated carbocycles. The summed E-state index contributed by atoms with van der Waals surface area (Å²) in [7, 11) is 0. The van der Waals surface area contributed by atoms with Crippen molar-refractivity contribution < 1.29 is 9.47 Å². The Balaban J connectivity index is 0.